The molecule has 0 radical (unpaired) electrons. The molecule has 0 saturated heterocycles. The fraction of sp³-hybridized carbons (Fsp3) is 0.381. The summed E-state index contributed by atoms with van der Waals surface area (Å²) in [6.07, 6.45) is 6.33. The molecule has 4 rings (SSSR count). The Kier molecular flexibility index (Phi) is 5.81. The number of para-hydroxylation sites is 1. The second kappa shape index (κ2) is 8.65. The molecule has 3 aromatic rings. The van der Waals surface area contributed by atoms with Gasteiger partial charge in [-0.25, -0.2) is 0 Å². The predicted octanol–water partition coefficient (Wildman–Crippen LogP) is 4.31. The first-order chi connectivity index (χ1) is 13.7. The van der Waals surface area contributed by atoms with Crippen LogP contribution in [-0.2, 0) is 4.79 Å². The predicted molar refractivity (Wildman–Crippen MR) is 109 cm³/mol. The number of aromatic nitrogens is 3. The molecule has 28 heavy (non-hydrogen) atoms. The number of nitrogens with one attached hydrogen (secondary N) is 1. The quantitative estimate of drug-likeness (QED) is 0.629. The van der Waals surface area contributed by atoms with Gasteiger partial charge in [0.1, 0.15) is 0 Å². The first-order valence-electron chi connectivity index (χ1n) is 9.69. The normalized spacial score (nSPS) is 19.5. The molecule has 2 aromatic heterocycles. The van der Waals surface area contributed by atoms with E-state index in [1.165, 1.54) is 31.0 Å². The second-order valence-electron chi connectivity index (χ2n) is 7.18. The van der Waals surface area contributed by atoms with Gasteiger partial charge >= 0.3 is 0 Å². The Hall–Kier alpha value is -2.54. The minimum Gasteiger partial charge on any atom is -0.461 e. The lowest BCUT2D eigenvalue weighted by Crippen LogP contribution is -2.41. The Labute approximate surface area is 168 Å². The molecule has 1 aliphatic rings. The Balaban J connectivity index is 1.51. The van der Waals surface area contributed by atoms with Crippen LogP contribution < -0.4 is 5.32 Å². The minimum absolute atomic E-state index is 0.0471. The molecule has 2 atom stereocenters. The van der Waals surface area contributed by atoms with Crippen molar-refractivity contribution < 1.29 is 9.21 Å². The summed E-state index contributed by atoms with van der Waals surface area (Å²) in [4.78, 5) is 12.5. The minimum atomic E-state index is 0.0471. The maximum absolute atomic E-state index is 12.5. The topological polar surface area (TPSA) is 73.0 Å². The van der Waals surface area contributed by atoms with Crippen LogP contribution in [0.3, 0.4) is 0 Å². The molecule has 7 heteroatoms. The van der Waals surface area contributed by atoms with E-state index in [-0.39, 0.29) is 11.9 Å². The first kappa shape index (κ1) is 18.8. The summed E-state index contributed by atoms with van der Waals surface area (Å²) < 4.78 is 7.45. The van der Waals surface area contributed by atoms with Crippen molar-refractivity contribution in [2.24, 2.45) is 5.92 Å². The standard InChI is InChI=1S/C21H24N4O2S/c1-15-8-5-6-11-17(15)22-19(26)14-28-21-24-23-20(18-12-7-13-27-18)25(21)16-9-3-2-4-10-16/h2-4,7,9-10,12-13,15,17H,5-6,8,11,14H2,1H3,(H,22,26)/t15-,17-/m0/s1. The zero-order chi connectivity index (χ0) is 19.3. The van der Waals surface area contributed by atoms with Gasteiger partial charge < -0.3 is 9.73 Å². The van der Waals surface area contributed by atoms with Crippen LogP contribution in [0, 0.1) is 5.92 Å². The summed E-state index contributed by atoms with van der Waals surface area (Å²) in [5, 5.41) is 12.5. The molecule has 146 valence electrons. The maximum Gasteiger partial charge on any atom is 0.230 e. The van der Waals surface area contributed by atoms with Crippen LogP contribution in [0.1, 0.15) is 32.6 Å². The van der Waals surface area contributed by atoms with E-state index in [0.717, 1.165) is 12.1 Å². The van der Waals surface area contributed by atoms with Gasteiger partial charge in [0.2, 0.25) is 11.7 Å². The van der Waals surface area contributed by atoms with Crippen LogP contribution in [0.15, 0.2) is 58.3 Å². The molecule has 1 saturated carbocycles. The van der Waals surface area contributed by atoms with Crippen molar-refractivity contribution in [2.45, 2.75) is 43.8 Å². The van der Waals surface area contributed by atoms with Crippen molar-refractivity contribution in [3.63, 3.8) is 0 Å². The number of amides is 1. The number of furan rings is 1. The maximum atomic E-state index is 12.5. The van der Waals surface area contributed by atoms with Gasteiger partial charge in [0.25, 0.3) is 0 Å². The average Bonchev–Trinajstić information content (AvgIpc) is 3.38. The third-order valence-electron chi connectivity index (χ3n) is 5.18. The lowest BCUT2D eigenvalue weighted by Gasteiger charge is -2.29. The van der Waals surface area contributed by atoms with Crippen molar-refractivity contribution in [2.75, 3.05) is 5.75 Å². The number of thioether (sulfide) groups is 1. The molecule has 0 aliphatic heterocycles. The van der Waals surface area contributed by atoms with Crippen molar-refractivity contribution in [3.8, 4) is 17.3 Å². The molecule has 1 aromatic carbocycles. The molecule has 1 amide bonds. The van der Waals surface area contributed by atoms with E-state index in [1.807, 2.05) is 47.0 Å². The summed E-state index contributed by atoms with van der Waals surface area (Å²) in [5.74, 6) is 2.17. The molecular weight excluding hydrogens is 372 g/mol. The lowest BCUT2D eigenvalue weighted by molar-refractivity contribution is -0.119. The zero-order valence-corrected chi connectivity index (χ0v) is 16.7. The van der Waals surface area contributed by atoms with Crippen molar-refractivity contribution in [1.29, 1.82) is 0 Å². The van der Waals surface area contributed by atoms with Crippen molar-refractivity contribution >= 4 is 17.7 Å². The van der Waals surface area contributed by atoms with Crippen LogP contribution in [0.25, 0.3) is 17.3 Å². The van der Waals surface area contributed by atoms with Gasteiger partial charge in [0.15, 0.2) is 10.9 Å². The Bertz CT molecular complexity index is 908. The number of nitrogens with zero attached hydrogens (tertiary/aromatic N) is 3. The number of carbonyl (C=O) groups is 1. The molecule has 1 fully saturated rings. The van der Waals surface area contributed by atoms with Crippen LogP contribution in [0.2, 0.25) is 0 Å². The zero-order valence-electron chi connectivity index (χ0n) is 15.9. The second-order valence-corrected chi connectivity index (χ2v) is 8.12. The van der Waals surface area contributed by atoms with Gasteiger partial charge in [-0.3, -0.25) is 9.36 Å². The van der Waals surface area contributed by atoms with Crippen LogP contribution in [0.5, 0.6) is 0 Å². The van der Waals surface area contributed by atoms with Gasteiger partial charge in [-0.1, -0.05) is 49.7 Å². The van der Waals surface area contributed by atoms with E-state index in [1.54, 1.807) is 6.26 Å². The number of carbonyl (C=O) groups excluding carboxylic acids is 1. The molecular formula is C21H24N4O2S. The first-order valence-corrected chi connectivity index (χ1v) is 10.7. The number of hydrogen-bond donors (Lipinski definition) is 1. The van der Waals surface area contributed by atoms with Gasteiger partial charge in [-0.05, 0) is 43.0 Å². The van der Waals surface area contributed by atoms with Gasteiger partial charge in [0, 0.05) is 11.7 Å². The highest BCUT2D eigenvalue weighted by Gasteiger charge is 2.24. The van der Waals surface area contributed by atoms with Gasteiger partial charge in [0.05, 0.1) is 12.0 Å². The summed E-state index contributed by atoms with van der Waals surface area (Å²) in [7, 11) is 0. The molecule has 0 unspecified atom stereocenters. The summed E-state index contributed by atoms with van der Waals surface area (Å²) in [5.41, 5.74) is 0.933. The SMILES string of the molecule is C[C@H]1CCCC[C@@H]1NC(=O)CSc1nnc(-c2ccco2)n1-c1ccccc1. The smallest absolute Gasteiger partial charge is 0.230 e. The van der Waals surface area contributed by atoms with Gasteiger partial charge in [-0.2, -0.15) is 0 Å². The highest BCUT2D eigenvalue weighted by atomic mass is 32.2. The van der Waals surface area contributed by atoms with E-state index in [0.29, 0.717) is 28.4 Å². The monoisotopic (exact) mass is 396 g/mol. The number of benzene rings is 1. The fourth-order valence-corrected chi connectivity index (χ4v) is 4.41. The Morgan fingerprint density at radius 2 is 2.00 bits per heavy atom. The van der Waals surface area contributed by atoms with Crippen molar-refractivity contribution in [1.82, 2.24) is 20.1 Å². The lowest BCUT2D eigenvalue weighted by atomic mass is 9.86. The Morgan fingerprint density at radius 1 is 1.18 bits per heavy atom. The molecule has 2 heterocycles. The van der Waals surface area contributed by atoms with E-state index in [9.17, 15) is 4.79 Å². The molecule has 1 N–H and O–H groups in total. The summed E-state index contributed by atoms with van der Waals surface area (Å²) >= 11 is 1.39. The van der Waals surface area contributed by atoms with E-state index < -0.39 is 0 Å². The van der Waals surface area contributed by atoms with E-state index >= 15 is 0 Å². The summed E-state index contributed by atoms with van der Waals surface area (Å²) in [6, 6.07) is 13.8. The summed E-state index contributed by atoms with van der Waals surface area (Å²) in [6.45, 7) is 2.22. The highest BCUT2D eigenvalue weighted by Crippen LogP contribution is 2.28. The third kappa shape index (κ3) is 4.14. The Morgan fingerprint density at radius 3 is 2.75 bits per heavy atom. The van der Waals surface area contributed by atoms with Crippen LogP contribution in [0.4, 0.5) is 0 Å². The highest BCUT2D eigenvalue weighted by molar-refractivity contribution is 7.99. The van der Waals surface area contributed by atoms with Crippen molar-refractivity contribution in [3.05, 3.63) is 48.7 Å². The molecule has 6 nitrogen and oxygen atoms in total. The van der Waals surface area contributed by atoms with E-state index in [4.69, 9.17) is 4.42 Å². The number of hydrogen-bond acceptors (Lipinski definition) is 5. The molecule has 1 aliphatic carbocycles. The van der Waals surface area contributed by atoms with Gasteiger partial charge in [-0.15, -0.1) is 10.2 Å². The largest absolute Gasteiger partial charge is 0.461 e. The van der Waals surface area contributed by atoms with E-state index in [2.05, 4.69) is 22.4 Å². The van der Waals surface area contributed by atoms with Crippen LogP contribution in [-0.4, -0.2) is 32.5 Å². The third-order valence-corrected chi connectivity index (χ3v) is 6.11. The number of rotatable bonds is 6. The molecule has 0 spiro atoms. The average molecular weight is 397 g/mol. The fourth-order valence-electron chi connectivity index (χ4n) is 3.65. The molecule has 0 bridgehead atoms. The van der Waals surface area contributed by atoms with Crippen LogP contribution >= 0.6 is 11.8 Å².